The third kappa shape index (κ3) is 3.31. The maximum Gasteiger partial charge on any atom is 0.243 e. The van der Waals surface area contributed by atoms with Crippen LogP contribution in [0.15, 0.2) is 0 Å². The molecule has 3 rings (SSSR count). The average molecular weight is 295 g/mol. The summed E-state index contributed by atoms with van der Waals surface area (Å²) in [7, 11) is 0. The molecule has 0 aliphatic carbocycles. The Bertz CT molecular complexity index is 481. The number of β-amino-alcohol motifs (C(OH)–C–C–N with tert-alkyl or cyclic N) is 1. The lowest BCUT2D eigenvalue weighted by atomic mass is 10.1. The highest BCUT2D eigenvalue weighted by Crippen LogP contribution is 2.20. The van der Waals surface area contributed by atoms with Gasteiger partial charge < -0.3 is 19.6 Å². The molecule has 1 aromatic rings. The van der Waals surface area contributed by atoms with E-state index in [0.717, 1.165) is 32.5 Å². The van der Waals surface area contributed by atoms with Crippen LogP contribution in [-0.2, 0) is 4.74 Å². The van der Waals surface area contributed by atoms with Gasteiger partial charge in [-0.3, -0.25) is 5.43 Å². The highest BCUT2D eigenvalue weighted by molar-refractivity contribution is 5.45. The third-order valence-electron chi connectivity index (χ3n) is 3.71. The van der Waals surface area contributed by atoms with Crippen molar-refractivity contribution in [1.29, 1.82) is 0 Å². The van der Waals surface area contributed by atoms with Gasteiger partial charge in [0.1, 0.15) is 0 Å². The molecule has 3 heterocycles. The fourth-order valence-corrected chi connectivity index (χ4v) is 2.60. The molecule has 1 atom stereocenters. The maximum atomic E-state index is 9.81. The van der Waals surface area contributed by atoms with E-state index in [1.807, 2.05) is 4.90 Å². The fourth-order valence-electron chi connectivity index (χ4n) is 2.60. The van der Waals surface area contributed by atoms with Crippen molar-refractivity contribution < 1.29 is 9.84 Å². The number of morpholine rings is 1. The molecule has 1 aromatic heterocycles. The molecule has 1 unspecified atom stereocenters. The minimum Gasteiger partial charge on any atom is -0.391 e. The molecule has 4 N–H and O–H groups in total. The first-order valence-electron chi connectivity index (χ1n) is 7.24. The lowest BCUT2D eigenvalue weighted by Gasteiger charge is -2.31. The number of piperidine rings is 1. The van der Waals surface area contributed by atoms with Crippen LogP contribution < -0.4 is 21.1 Å². The molecule has 0 saturated carbocycles. The molecule has 0 spiro atoms. The van der Waals surface area contributed by atoms with Gasteiger partial charge in [-0.05, 0) is 12.8 Å². The smallest absolute Gasteiger partial charge is 0.243 e. The van der Waals surface area contributed by atoms with E-state index in [-0.39, 0.29) is 6.10 Å². The third-order valence-corrected chi connectivity index (χ3v) is 3.71. The molecular formula is C12H21N7O2. The van der Waals surface area contributed by atoms with E-state index < -0.39 is 0 Å². The molecule has 0 bridgehead atoms. The number of nitrogens with two attached hydrogens (primary N) is 1. The number of rotatable bonds is 3. The van der Waals surface area contributed by atoms with E-state index in [4.69, 9.17) is 10.6 Å². The van der Waals surface area contributed by atoms with Crippen molar-refractivity contribution in [2.24, 2.45) is 5.84 Å². The van der Waals surface area contributed by atoms with Crippen LogP contribution in [0.25, 0.3) is 0 Å². The number of hydrogen-bond acceptors (Lipinski definition) is 9. The Balaban J connectivity index is 1.85. The van der Waals surface area contributed by atoms with Gasteiger partial charge in [-0.2, -0.15) is 15.0 Å². The standard InChI is InChI=1S/C12H21N7O2/c13-17-10-14-11(18-4-6-21-7-5-18)16-12(15-10)19-3-1-2-9(20)8-19/h9,20H,1-8,13H2,(H,14,15,16,17). The highest BCUT2D eigenvalue weighted by Gasteiger charge is 2.23. The molecular weight excluding hydrogens is 274 g/mol. The lowest BCUT2D eigenvalue weighted by molar-refractivity contribution is 0.122. The summed E-state index contributed by atoms with van der Waals surface area (Å²) in [6, 6.07) is 0. The number of aliphatic hydroxyl groups is 1. The van der Waals surface area contributed by atoms with Gasteiger partial charge in [-0.15, -0.1) is 0 Å². The van der Waals surface area contributed by atoms with Crippen molar-refractivity contribution in [2.75, 3.05) is 54.6 Å². The van der Waals surface area contributed by atoms with Gasteiger partial charge in [-0.1, -0.05) is 0 Å². The average Bonchev–Trinajstić information content (AvgIpc) is 2.55. The zero-order valence-corrected chi connectivity index (χ0v) is 11.9. The molecule has 116 valence electrons. The first kappa shape index (κ1) is 14.2. The van der Waals surface area contributed by atoms with Crippen LogP contribution in [0.1, 0.15) is 12.8 Å². The van der Waals surface area contributed by atoms with E-state index in [1.165, 1.54) is 0 Å². The van der Waals surface area contributed by atoms with E-state index in [0.29, 0.717) is 37.6 Å². The van der Waals surface area contributed by atoms with E-state index in [9.17, 15) is 5.11 Å². The Morgan fingerprint density at radius 1 is 1.10 bits per heavy atom. The number of nitrogen functional groups attached to an aromatic ring is 1. The van der Waals surface area contributed by atoms with Crippen molar-refractivity contribution in [3.63, 3.8) is 0 Å². The second-order valence-electron chi connectivity index (χ2n) is 5.24. The van der Waals surface area contributed by atoms with Gasteiger partial charge in [0.25, 0.3) is 0 Å². The molecule has 0 radical (unpaired) electrons. The molecule has 2 aliphatic heterocycles. The first-order chi connectivity index (χ1) is 10.3. The van der Waals surface area contributed by atoms with Gasteiger partial charge >= 0.3 is 0 Å². The minimum absolute atomic E-state index is 0.335. The minimum atomic E-state index is -0.336. The van der Waals surface area contributed by atoms with Crippen molar-refractivity contribution in [3.05, 3.63) is 0 Å². The Kier molecular flexibility index (Phi) is 4.32. The number of aliphatic hydroxyl groups excluding tert-OH is 1. The first-order valence-corrected chi connectivity index (χ1v) is 7.24. The summed E-state index contributed by atoms with van der Waals surface area (Å²) in [5.41, 5.74) is 2.49. The molecule has 0 amide bonds. The molecule has 0 aromatic carbocycles. The number of anilines is 3. The van der Waals surface area contributed by atoms with Crippen molar-refractivity contribution >= 4 is 17.8 Å². The summed E-state index contributed by atoms with van der Waals surface area (Å²) in [6.45, 7) is 4.18. The highest BCUT2D eigenvalue weighted by atomic mass is 16.5. The summed E-state index contributed by atoms with van der Waals surface area (Å²) in [4.78, 5) is 17.2. The maximum absolute atomic E-state index is 9.81. The lowest BCUT2D eigenvalue weighted by Crippen LogP contribution is -2.41. The number of ether oxygens (including phenoxy) is 1. The summed E-state index contributed by atoms with van der Waals surface area (Å²) >= 11 is 0. The second kappa shape index (κ2) is 6.37. The summed E-state index contributed by atoms with van der Waals surface area (Å²) < 4.78 is 5.34. The van der Waals surface area contributed by atoms with Gasteiger partial charge in [0, 0.05) is 26.2 Å². The van der Waals surface area contributed by atoms with E-state index in [2.05, 4.69) is 25.3 Å². The van der Waals surface area contributed by atoms with E-state index in [1.54, 1.807) is 0 Å². The molecule has 9 nitrogen and oxygen atoms in total. The van der Waals surface area contributed by atoms with Crippen LogP contribution in [0.3, 0.4) is 0 Å². The number of aromatic nitrogens is 3. The van der Waals surface area contributed by atoms with Gasteiger partial charge in [-0.25, -0.2) is 5.84 Å². The van der Waals surface area contributed by atoms with Gasteiger partial charge in [0.05, 0.1) is 19.3 Å². The second-order valence-corrected chi connectivity index (χ2v) is 5.24. The van der Waals surface area contributed by atoms with Crippen LogP contribution >= 0.6 is 0 Å². The number of hydrogen-bond donors (Lipinski definition) is 3. The Hall–Kier alpha value is -1.71. The predicted octanol–water partition coefficient (Wildman–Crippen LogP) is -1.05. The predicted molar refractivity (Wildman–Crippen MR) is 78.1 cm³/mol. The van der Waals surface area contributed by atoms with Crippen LogP contribution in [-0.4, -0.2) is 65.6 Å². The number of nitrogens with zero attached hydrogens (tertiary/aromatic N) is 5. The Morgan fingerprint density at radius 2 is 1.81 bits per heavy atom. The number of nitrogens with one attached hydrogen (secondary N) is 1. The molecule has 2 saturated heterocycles. The number of hydrazine groups is 1. The SMILES string of the molecule is NNc1nc(N2CCOCC2)nc(N2CCCC(O)C2)n1. The molecule has 21 heavy (non-hydrogen) atoms. The van der Waals surface area contributed by atoms with Crippen molar-refractivity contribution in [3.8, 4) is 0 Å². The van der Waals surface area contributed by atoms with E-state index >= 15 is 0 Å². The van der Waals surface area contributed by atoms with Crippen molar-refractivity contribution in [2.45, 2.75) is 18.9 Å². The van der Waals surface area contributed by atoms with Crippen LogP contribution in [0.2, 0.25) is 0 Å². The summed E-state index contributed by atoms with van der Waals surface area (Å²) in [6.07, 6.45) is 1.40. The largest absolute Gasteiger partial charge is 0.391 e. The molecule has 2 aliphatic rings. The normalized spacial score (nSPS) is 23.2. The Labute approximate surface area is 123 Å². The van der Waals surface area contributed by atoms with Crippen LogP contribution in [0.4, 0.5) is 17.8 Å². The van der Waals surface area contributed by atoms with Gasteiger partial charge in [0.2, 0.25) is 17.8 Å². The molecule has 9 heteroatoms. The monoisotopic (exact) mass is 295 g/mol. The summed E-state index contributed by atoms with van der Waals surface area (Å²) in [5, 5.41) is 9.81. The fraction of sp³-hybridized carbons (Fsp3) is 0.750. The van der Waals surface area contributed by atoms with Crippen molar-refractivity contribution in [1.82, 2.24) is 15.0 Å². The Morgan fingerprint density at radius 3 is 2.48 bits per heavy atom. The zero-order valence-electron chi connectivity index (χ0n) is 11.9. The topological polar surface area (TPSA) is 113 Å². The van der Waals surface area contributed by atoms with Gasteiger partial charge in [0.15, 0.2) is 0 Å². The molecule has 2 fully saturated rings. The summed E-state index contributed by atoms with van der Waals surface area (Å²) in [5.74, 6) is 6.94. The van der Waals surface area contributed by atoms with Crippen LogP contribution in [0, 0.1) is 0 Å². The quantitative estimate of drug-likeness (QED) is 0.475. The zero-order chi connectivity index (χ0) is 14.7. The van der Waals surface area contributed by atoms with Crippen LogP contribution in [0.5, 0.6) is 0 Å².